The van der Waals surface area contributed by atoms with Crippen molar-refractivity contribution in [1.82, 2.24) is 4.98 Å². The van der Waals surface area contributed by atoms with Gasteiger partial charge in [0.15, 0.2) is 11.5 Å². The van der Waals surface area contributed by atoms with E-state index >= 15 is 0 Å². The van der Waals surface area contributed by atoms with Crippen molar-refractivity contribution in [1.29, 1.82) is 0 Å². The van der Waals surface area contributed by atoms with Crippen LogP contribution in [0, 0.1) is 6.92 Å². The van der Waals surface area contributed by atoms with Gasteiger partial charge >= 0.3 is 0 Å². The predicted molar refractivity (Wildman–Crippen MR) is 109 cm³/mol. The lowest BCUT2D eigenvalue weighted by Gasteiger charge is -2.12. The Hall–Kier alpha value is -3.26. The van der Waals surface area contributed by atoms with Gasteiger partial charge in [0, 0.05) is 11.8 Å². The predicted octanol–water partition coefficient (Wildman–Crippen LogP) is 3.95. The molecule has 0 aliphatic rings. The lowest BCUT2D eigenvalue weighted by molar-refractivity contribution is 0.354. The van der Waals surface area contributed by atoms with Gasteiger partial charge in [0.25, 0.3) is 10.0 Å². The van der Waals surface area contributed by atoms with E-state index < -0.39 is 10.0 Å². The summed E-state index contributed by atoms with van der Waals surface area (Å²) in [6, 6.07) is 15.6. The minimum Gasteiger partial charge on any atom is -0.493 e. The molecule has 0 bridgehead atoms. The number of hydrogen-bond donors (Lipinski definition) is 2. The van der Waals surface area contributed by atoms with Crippen LogP contribution in [0.2, 0.25) is 0 Å². The summed E-state index contributed by atoms with van der Waals surface area (Å²) >= 11 is 0. The van der Waals surface area contributed by atoms with Gasteiger partial charge in [0.05, 0.1) is 31.0 Å². The highest BCUT2D eigenvalue weighted by molar-refractivity contribution is 7.92. The van der Waals surface area contributed by atoms with Crippen LogP contribution in [0.25, 0.3) is 0 Å². The van der Waals surface area contributed by atoms with Gasteiger partial charge in [0.1, 0.15) is 5.82 Å². The van der Waals surface area contributed by atoms with Crippen LogP contribution < -0.4 is 19.5 Å². The average Bonchev–Trinajstić information content (AvgIpc) is 2.70. The van der Waals surface area contributed by atoms with Gasteiger partial charge in [-0.05, 0) is 43.3 Å². The summed E-state index contributed by atoms with van der Waals surface area (Å²) in [6.45, 7) is 2.02. The fourth-order valence-electron chi connectivity index (χ4n) is 2.51. The number of rotatable bonds is 7. The number of aryl methyl sites for hydroxylation is 1. The average molecular weight is 399 g/mol. The first-order valence-electron chi connectivity index (χ1n) is 8.46. The van der Waals surface area contributed by atoms with Gasteiger partial charge < -0.3 is 14.8 Å². The third kappa shape index (κ3) is 4.52. The molecule has 0 saturated heterocycles. The van der Waals surface area contributed by atoms with Crippen LogP contribution in [0.15, 0.2) is 65.7 Å². The number of hydrogen-bond acceptors (Lipinski definition) is 6. The van der Waals surface area contributed by atoms with Gasteiger partial charge in [-0.15, -0.1) is 0 Å². The summed E-state index contributed by atoms with van der Waals surface area (Å²) in [5.41, 5.74) is 2.84. The number of benzene rings is 2. The molecule has 1 aromatic heterocycles. The van der Waals surface area contributed by atoms with Crippen LogP contribution in [-0.2, 0) is 10.0 Å². The van der Waals surface area contributed by atoms with Crippen LogP contribution >= 0.6 is 0 Å². The summed E-state index contributed by atoms with van der Waals surface area (Å²) in [5.74, 6) is 0.992. The number of ether oxygens (including phenoxy) is 2. The Bertz CT molecular complexity index is 1050. The number of nitrogens with zero attached hydrogens (tertiary/aromatic N) is 1. The summed E-state index contributed by atoms with van der Waals surface area (Å²) < 4.78 is 38.0. The van der Waals surface area contributed by atoms with E-state index in [1.165, 1.54) is 38.0 Å². The number of pyridine rings is 1. The topological polar surface area (TPSA) is 89.6 Å². The van der Waals surface area contributed by atoms with E-state index in [-0.39, 0.29) is 10.7 Å². The Morgan fingerprint density at radius 1 is 0.857 bits per heavy atom. The summed E-state index contributed by atoms with van der Waals surface area (Å²) in [7, 11) is -0.882. The van der Waals surface area contributed by atoms with E-state index in [1.807, 2.05) is 31.2 Å². The molecule has 2 aromatic carbocycles. The van der Waals surface area contributed by atoms with Gasteiger partial charge in [-0.25, -0.2) is 13.4 Å². The minimum atomic E-state index is -3.82. The number of sulfonamides is 1. The molecule has 0 unspecified atom stereocenters. The van der Waals surface area contributed by atoms with Crippen LogP contribution in [-0.4, -0.2) is 27.6 Å². The second-order valence-corrected chi connectivity index (χ2v) is 7.73. The molecule has 1 heterocycles. The van der Waals surface area contributed by atoms with Crippen LogP contribution in [0.3, 0.4) is 0 Å². The highest BCUT2D eigenvalue weighted by Crippen LogP contribution is 2.30. The monoisotopic (exact) mass is 399 g/mol. The van der Waals surface area contributed by atoms with Crippen molar-refractivity contribution in [3.05, 3.63) is 66.4 Å². The fraction of sp³-hybridized carbons (Fsp3) is 0.150. The second kappa shape index (κ2) is 8.18. The highest BCUT2D eigenvalue weighted by Gasteiger charge is 2.17. The molecule has 3 rings (SSSR count). The van der Waals surface area contributed by atoms with E-state index in [9.17, 15) is 8.42 Å². The number of nitrogens with one attached hydrogen (secondary N) is 2. The van der Waals surface area contributed by atoms with Crippen LogP contribution in [0.1, 0.15) is 5.56 Å². The second-order valence-electron chi connectivity index (χ2n) is 6.05. The fourth-order valence-corrected chi connectivity index (χ4v) is 3.54. The maximum Gasteiger partial charge on any atom is 0.263 e. The van der Waals surface area contributed by atoms with Gasteiger partial charge in [-0.3, -0.25) is 4.72 Å². The molecule has 3 aromatic rings. The normalized spacial score (nSPS) is 11.0. The van der Waals surface area contributed by atoms with Crippen molar-refractivity contribution in [3.8, 4) is 11.5 Å². The molecule has 2 N–H and O–H groups in total. The Kier molecular flexibility index (Phi) is 5.70. The van der Waals surface area contributed by atoms with E-state index in [2.05, 4.69) is 15.0 Å². The molecule has 0 aliphatic carbocycles. The Labute approximate surface area is 164 Å². The smallest absolute Gasteiger partial charge is 0.263 e. The quantitative estimate of drug-likeness (QED) is 0.625. The Balaban J connectivity index is 1.74. The first kappa shape index (κ1) is 19.5. The zero-order valence-electron chi connectivity index (χ0n) is 15.8. The SMILES string of the molecule is COc1ccc(S(=O)(=O)Nc2ccc(Nc3ccc(C)cc3)cn2)cc1OC. The first-order chi connectivity index (χ1) is 13.4. The first-order valence-corrected chi connectivity index (χ1v) is 9.94. The molecule has 28 heavy (non-hydrogen) atoms. The molecule has 0 aliphatic heterocycles. The molecule has 0 spiro atoms. The number of aromatic nitrogens is 1. The molecule has 0 radical (unpaired) electrons. The summed E-state index contributed by atoms with van der Waals surface area (Å²) in [6.07, 6.45) is 1.56. The largest absolute Gasteiger partial charge is 0.493 e. The molecule has 7 nitrogen and oxygen atoms in total. The van der Waals surface area contributed by atoms with Crippen LogP contribution in [0.4, 0.5) is 17.2 Å². The lowest BCUT2D eigenvalue weighted by Crippen LogP contribution is -2.14. The number of methoxy groups -OCH3 is 2. The van der Waals surface area contributed by atoms with Crippen molar-refractivity contribution in [2.75, 3.05) is 24.3 Å². The maximum atomic E-state index is 12.6. The molecule has 146 valence electrons. The van der Waals surface area contributed by atoms with Crippen molar-refractivity contribution in [2.24, 2.45) is 0 Å². The van der Waals surface area contributed by atoms with Crippen LogP contribution in [0.5, 0.6) is 11.5 Å². The Morgan fingerprint density at radius 3 is 2.14 bits per heavy atom. The van der Waals surface area contributed by atoms with Crippen molar-refractivity contribution >= 4 is 27.2 Å². The molecular weight excluding hydrogens is 378 g/mol. The Morgan fingerprint density at radius 2 is 1.54 bits per heavy atom. The molecule has 0 saturated carbocycles. The van der Waals surface area contributed by atoms with E-state index in [1.54, 1.807) is 18.3 Å². The molecule has 0 amide bonds. The van der Waals surface area contributed by atoms with Gasteiger partial charge in [-0.2, -0.15) is 0 Å². The molecule has 0 atom stereocenters. The zero-order valence-corrected chi connectivity index (χ0v) is 16.6. The lowest BCUT2D eigenvalue weighted by atomic mass is 10.2. The highest BCUT2D eigenvalue weighted by atomic mass is 32.2. The van der Waals surface area contributed by atoms with Crippen molar-refractivity contribution in [2.45, 2.75) is 11.8 Å². The minimum absolute atomic E-state index is 0.0498. The van der Waals surface area contributed by atoms with Gasteiger partial charge in [0.2, 0.25) is 0 Å². The third-order valence-corrected chi connectivity index (χ3v) is 5.36. The molecular formula is C20H21N3O4S. The van der Waals surface area contributed by atoms with E-state index in [4.69, 9.17) is 9.47 Å². The summed E-state index contributed by atoms with van der Waals surface area (Å²) in [5, 5.41) is 3.21. The molecule has 8 heteroatoms. The number of anilines is 3. The van der Waals surface area contributed by atoms with E-state index in [0.29, 0.717) is 11.5 Å². The standard InChI is InChI=1S/C20H21N3O4S/c1-14-4-6-15(7-5-14)22-16-8-11-20(21-13-16)23-28(24,25)17-9-10-18(26-2)19(12-17)27-3/h4-13,22H,1-3H3,(H,21,23). The molecule has 0 fully saturated rings. The third-order valence-electron chi connectivity index (χ3n) is 4.01. The van der Waals surface area contributed by atoms with E-state index in [0.717, 1.165) is 11.4 Å². The maximum absolute atomic E-state index is 12.6. The van der Waals surface area contributed by atoms with Crippen molar-refractivity contribution in [3.63, 3.8) is 0 Å². The summed E-state index contributed by atoms with van der Waals surface area (Å²) in [4.78, 5) is 4.22. The van der Waals surface area contributed by atoms with Crippen molar-refractivity contribution < 1.29 is 17.9 Å². The zero-order chi connectivity index (χ0) is 20.1. The van der Waals surface area contributed by atoms with Gasteiger partial charge in [-0.1, -0.05) is 17.7 Å².